The van der Waals surface area contributed by atoms with E-state index < -0.39 is 0 Å². The molecule has 0 spiro atoms. The zero-order chi connectivity index (χ0) is 20.8. The van der Waals surface area contributed by atoms with Gasteiger partial charge in [0.1, 0.15) is 17.3 Å². The van der Waals surface area contributed by atoms with Gasteiger partial charge in [-0.1, -0.05) is 35.9 Å². The number of carbonyl (C=O) groups excluding carboxylic acids is 1. The maximum atomic E-state index is 12.1. The van der Waals surface area contributed by atoms with Gasteiger partial charge in [0.05, 0.1) is 12.8 Å². The third-order valence-electron chi connectivity index (χ3n) is 4.07. The third-order valence-corrected chi connectivity index (χ3v) is 4.69. The molecule has 3 rings (SSSR count). The van der Waals surface area contributed by atoms with Crippen molar-refractivity contribution in [2.75, 3.05) is 12.4 Å². The summed E-state index contributed by atoms with van der Waals surface area (Å²) in [7, 11) is 1.56. The fourth-order valence-electron chi connectivity index (χ4n) is 2.56. The van der Waals surface area contributed by atoms with Gasteiger partial charge in [0.15, 0.2) is 5.11 Å². The number of hydrogen-bond donors (Lipinski definition) is 2. The van der Waals surface area contributed by atoms with E-state index in [0.29, 0.717) is 28.0 Å². The van der Waals surface area contributed by atoms with Crippen LogP contribution in [0.3, 0.4) is 0 Å². The monoisotopic (exact) mass is 426 g/mol. The van der Waals surface area contributed by atoms with Gasteiger partial charge in [0.2, 0.25) is 5.91 Å². The molecule has 0 aliphatic carbocycles. The summed E-state index contributed by atoms with van der Waals surface area (Å²) in [6, 6.07) is 16.6. The van der Waals surface area contributed by atoms with E-state index in [9.17, 15) is 4.79 Å². The van der Waals surface area contributed by atoms with E-state index in [4.69, 9.17) is 33.0 Å². The van der Waals surface area contributed by atoms with Gasteiger partial charge in [-0.25, -0.2) is 0 Å². The number of nitrogens with one attached hydrogen (secondary N) is 2. The van der Waals surface area contributed by atoms with Crippen LogP contribution in [0.2, 0.25) is 5.02 Å². The zero-order valence-corrected chi connectivity index (χ0v) is 17.4. The maximum absolute atomic E-state index is 12.1. The molecule has 0 aliphatic rings. The van der Waals surface area contributed by atoms with Crippen molar-refractivity contribution >= 4 is 46.6 Å². The molecule has 1 aromatic heterocycles. The number of anilines is 1. The predicted molar refractivity (Wildman–Crippen MR) is 120 cm³/mol. The number of carbonyl (C=O) groups is 1. The van der Waals surface area contributed by atoms with Crippen molar-refractivity contribution in [3.05, 3.63) is 77.0 Å². The molecule has 0 fully saturated rings. The van der Waals surface area contributed by atoms with Gasteiger partial charge in [-0.05, 0) is 61.1 Å². The van der Waals surface area contributed by atoms with Gasteiger partial charge in [-0.2, -0.15) is 0 Å². The lowest BCUT2D eigenvalue weighted by Gasteiger charge is -2.11. The molecule has 0 saturated heterocycles. The fourth-order valence-corrected chi connectivity index (χ4v) is 2.95. The Hall–Kier alpha value is -3.09. The molecule has 3 aromatic rings. The van der Waals surface area contributed by atoms with Crippen molar-refractivity contribution in [2.24, 2.45) is 0 Å². The lowest BCUT2D eigenvalue weighted by Crippen LogP contribution is -2.32. The summed E-state index contributed by atoms with van der Waals surface area (Å²) in [5.74, 6) is 1.45. The molecular formula is C22H19ClN2O3S. The van der Waals surface area contributed by atoms with E-state index in [1.165, 1.54) is 6.08 Å². The summed E-state index contributed by atoms with van der Waals surface area (Å²) in [5, 5.41) is 6.35. The Kier molecular flexibility index (Phi) is 6.69. The molecule has 2 N–H and O–H groups in total. The number of methoxy groups -OCH3 is 1. The highest BCUT2D eigenvalue weighted by atomic mass is 35.5. The zero-order valence-electron chi connectivity index (χ0n) is 15.9. The normalized spacial score (nSPS) is 10.7. The minimum atomic E-state index is -0.381. The summed E-state index contributed by atoms with van der Waals surface area (Å²) in [5.41, 5.74) is 2.53. The topological polar surface area (TPSA) is 63.5 Å². The third kappa shape index (κ3) is 5.47. The number of para-hydroxylation sites is 2. The number of amides is 1. The summed E-state index contributed by atoms with van der Waals surface area (Å²) >= 11 is 11.3. The average molecular weight is 427 g/mol. The molecule has 1 amide bonds. The first-order valence-corrected chi connectivity index (χ1v) is 9.54. The molecule has 0 radical (unpaired) electrons. The van der Waals surface area contributed by atoms with Gasteiger partial charge in [0, 0.05) is 16.7 Å². The molecule has 0 unspecified atom stereocenters. The Morgan fingerprint density at radius 1 is 1.17 bits per heavy atom. The van der Waals surface area contributed by atoms with E-state index in [1.54, 1.807) is 31.4 Å². The molecule has 29 heavy (non-hydrogen) atoms. The Bertz CT molecular complexity index is 1080. The van der Waals surface area contributed by atoms with Gasteiger partial charge in [0.25, 0.3) is 0 Å². The SMILES string of the molecule is COc1ccccc1NC(=S)NC(=O)/C=C/c1ccc(-c2ccc(C)c(Cl)c2)o1. The first kappa shape index (κ1) is 20.6. The molecule has 0 atom stereocenters. The van der Waals surface area contributed by atoms with Crippen LogP contribution in [0.25, 0.3) is 17.4 Å². The van der Waals surface area contributed by atoms with Crippen LogP contribution in [0.5, 0.6) is 5.75 Å². The smallest absolute Gasteiger partial charge is 0.250 e. The molecule has 0 saturated carbocycles. The maximum Gasteiger partial charge on any atom is 0.250 e. The number of furan rings is 1. The van der Waals surface area contributed by atoms with Crippen LogP contribution in [0, 0.1) is 6.92 Å². The van der Waals surface area contributed by atoms with E-state index in [0.717, 1.165) is 11.1 Å². The predicted octanol–water partition coefficient (Wildman–Crippen LogP) is 5.44. The number of benzene rings is 2. The Morgan fingerprint density at radius 2 is 1.97 bits per heavy atom. The number of aryl methyl sites for hydroxylation is 1. The largest absolute Gasteiger partial charge is 0.495 e. The second-order valence-electron chi connectivity index (χ2n) is 6.14. The molecule has 5 nitrogen and oxygen atoms in total. The van der Waals surface area contributed by atoms with Crippen LogP contribution in [-0.4, -0.2) is 18.1 Å². The standard InChI is InChI=1S/C22H19ClN2O3S/c1-14-7-8-15(13-17(14)23)19-11-9-16(28-19)10-12-21(26)25-22(29)24-18-5-3-4-6-20(18)27-2/h3-13H,1-2H3,(H2,24,25,26,29)/b12-10+. The summed E-state index contributed by atoms with van der Waals surface area (Å²) in [6.07, 6.45) is 2.92. The summed E-state index contributed by atoms with van der Waals surface area (Å²) in [4.78, 5) is 12.1. The Labute approximate surface area is 179 Å². The van der Waals surface area contributed by atoms with Crippen LogP contribution in [0.4, 0.5) is 5.69 Å². The Balaban J connectivity index is 1.60. The molecule has 148 valence electrons. The highest BCUT2D eigenvalue weighted by Crippen LogP contribution is 2.27. The molecule has 0 bridgehead atoms. The van der Waals surface area contributed by atoms with Crippen LogP contribution >= 0.6 is 23.8 Å². The highest BCUT2D eigenvalue weighted by Gasteiger charge is 2.07. The number of halogens is 1. The van der Waals surface area contributed by atoms with Crippen molar-refractivity contribution in [3.8, 4) is 17.1 Å². The second-order valence-corrected chi connectivity index (χ2v) is 6.96. The van der Waals surface area contributed by atoms with Gasteiger partial charge < -0.3 is 14.5 Å². The van der Waals surface area contributed by atoms with E-state index >= 15 is 0 Å². The Morgan fingerprint density at radius 3 is 2.72 bits per heavy atom. The van der Waals surface area contributed by atoms with Gasteiger partial charge in [-0.15, -0.1) is 0 Å². The number of rotatable bonds is 5. The van der Waals surface area contributed by atoms with E-state index in [1.807, 2.05) is 43.3 Å². The van der Waals surface area contributed by atoms with Crippen molar-refractivity contribution in [2.45, 2.75) is 6.92 Å². The molecule has 0 aliphatic heterocycles. The van der Waals surface area contributed by atoms with Gasteiger partial charge in [-0.3, -0.25) is 10.1 Å². The highest BCUT2D eigenvalue weighted by molar-refractivity contribution is 7.80. The van der Waals surface area contributed by atoms with Crippen molar-refractivity contribution in [1.29, 1.82) is 0 Å². The van der Waals surface area contributed by atoms with E-state index in [-0.39, 0.29) is 11.0 Å². The van der Waals surface area contributed by atoms with E-state index in [2.05, 4.69) is 10.6 Å². The minimum Gasteiger partial charge on any atom is -0.495 e. The van der Waals surface area contributed by atoms with Crippen LogP contribution in [-0.2, 0) is 4.79 Å². The fraction of sp³-hybridized carbons (Fsp3) is 0.0909. The molecule has 1 heterocycles. The van der Waals surface area contributed by atoms with Crippen LogP contribution in [0.15, 0.2) is 65.1 Å². The number of hydrogen-bond acceptors (Lipinski definition) is 4. The average Bonchev–Trinajstić information content (AvgIpc) is 3.18. The summed E-state index contributed by atoms with van der Waals surface area (Å²) in [6.45, 7) is 1.94. The number of ether oxygens (including phenoxy) is 1. The quantitative estimate of drug-likeness (QED) is 0.420. The minimum absolute atomic E-state index is 0.165. The van der Waals surface area contributed by atoms with Crippen LogP contribution < -0.4 is 15.4 Å². The lowest BCUT2D eigenvalue weighted by molar-refractivity contribution is -0.115. The lowest BCUT2D eigenvalue weighted by atomic mass is 10.1. The van der Waals surface area contributed by atoms with Crippen molar-refractivity contribution in [1.82, 2.24) is 5.32 Å². The first-order chi connectivity index (χ1) is 14.0. The summed E-state index contributed by atoms with van der Waals surface area (Å²) < 4.78 is 11.0. The van der Waals surface area contributed by atoms with Crippen molar-refractivity contribution in [3.63, 3.8) is 0 Å². The molecule has 2 aromatic carbocycles. The van der Waals surface area contributed by atoms with Gasteiger partial charge >= 0.3 is 0 Å². The number of thiocarbonyl (C=S) groups is 1. The van der Waals surface area contributed by atoms with Crippen LogP contribution in [0.1, 0.15) is 11.3 Å². The second kappa shape index (κ2) is 9.41. The first-order valence-electron chi connectivity index (χ1n) is 8.75. The molecular weight excluding hydrogens is 408 g/mol. The molecule has 7 heteroatoms. The van der Waals surface area contributed by atoms with Crippen molar-refractivity contribution < 1.29 is 13.9 Å².